The maximum Gasteiger partial charge on any atom is 0.143 e. The van der Waals surface area contributed by atoms with Gasteiger partial charge in [-0.25, -0.2) is 0 Å². The summed E-state index contributed by atoms with van der Waals surface area (Å²) >= 11 is 0. The summed E-state index contributed by atoms with van der Waals surface area (Å²) in [7, 11) is 0. The highest BCUT2D eigenvalue weighted by Crippen LogP contribution is 2.42. The lowest BCUT2D eigenvalue weighted by molar-refractivity contribution is 0.673. The molecule has 0 bridgehead atoms. The van der Waals surface area contributed by atoms with Gasteiger partial charge in [0.05, 0.1) is 11.0 Å². The minimum Gasteiger partial charge on any atom is -0.455 e. The van der Waals surface area contributed by atoms with Gasteiger partial charge in [-0.3, -0.25) is 0 Å². The summed E-state index contributed by atoms with van der Waals surface area (Å²) in [6, 6.07) is 57.4. The Morgan fingerprint density at radius 2 is 0.839 bits per heavy atom. The number of anilines is 3. The van der Waals surface area contributed by atoms with E-state index in [1.807, 2.05) is 146 Å². The van der Waals surface area contributed by atoms with E-state index in [4.69, 9.17) is 4.42 Å². The standard InChI is InChI=1S/C60H39NO/c1-2-9-40(10-3-1)41-17-19-42(20-18-41)43-23-31-50(32-24-43)61(51-33-25-44(26-34-51)48-30-37-54-49(39-48)22-21-45-11-4-6-13-53(45)54)52-35-27-47(28-36-52)55-15-8-16-58-59(55)57-38-29-46-12-5-7-14-56(46)60(57)62-58/h1-39H/i23D,24D,25D,26D,31D,32D,33D,34D. The number of furan rings is 1. The van der Waals surface area contributed by atoms with Gasteiger partial charge < -0.3 is 9.32 Å². The summed E-state index contributed by atoms with van der Waals surface area (Å²) in [5.41, 5.74) is 6.22. The molecule has 1 aromatic heterocycles. The molecule has 1 heterocycles. The van der Waals surface area contributed by atoms with Crippen LogP contribution in [0, 0.1) is 0 Å². The average molecular weight is 798 g/mol. The molecule has 0 fully saturated rings. The van der Waals surface area contributed by atoms with Gasteiger partial charge in [-0.1, -0.05) is 182 Å². The fourth-order valence-corrected chi connectivity index (χ4v) is 8.71. The first-order chi connectivity index (χ1) is 34.1. The third-order valence-corrected chi connectivity index (χ3v) is 11.8. The van der Waals surface area contributed by atoms with Gasteiger partial charge in [-0.05, 0) is 126 Å². The fraction of sp³-hybridized carbons (Fsp3) is 0. The average Bonchev–Trinajstić information content (AvgIpc) is 3.80. The molecule has 2 nitrogen and oxygen atoms in total. The lowest BCUT2D eigenvalue weighted by Crippen LogP contribution is -2.09. The molecule has 0 radical (unpaired) electrons. The zero-order valence-corrected chi connectivity index (χ0v) is 33.3. The highest BCUT2D eigenvalue weighted by molar-refractivity contribution is 6.19. The molecule has 0 spiro atoms. The van der Waals surface area contributed by atoms with Gasteiger partial charge in [-0.2, -0.15) is 0 Å². The van der Waals surface area contributed by atoms with E-state index in [0.29, 0.717) is 16.8 Å². The third kappa shape index (κ3) is 6.20. The molecule has 12 rings (SSSR count). The topological polar surface area (TPSA) is 16.4 Å². The summed E-state index contributed by atoms with van der Waals surface area (Å²) in [5, 5.41) is 7.96. The lowest BCUT2D eigenvalue weighted by atomic mass is 9.97. The van der Waals surface area contributed by atoms with Gasteiger partial charge >= 0.3 is 0 Å². The highest BCUT2D eigenvalue weighted by Gasteiger charge is 2.17. The van der Waals surface area contributed by atoms with Crippen molar-refractivity contribution in [2.24, 2.45) is 0 Å². The van der Waals surface area contributed by atoms with Crippen molar-refractivity contribution in [1.29, 1.82) is 0 Å². The van der Waals surface area contributed by atoms with Gasteiger partial charge in [0.1, 0.15) is 11.2 Å². The number of fused-ring (bicyclic) bond motifs is 8. The van der Waals surface area contributed by atoms with Crippen molar-refractivity contribution in [3.63, 3.8) is 0 Å². The predicted molar refractivity (Wildman–Crippen MR) is 263 cm³/mol. The lowest BCUT2D eigenvalue weighted by Gasteiger charge is -2.26. The second-order valence-electron chi connectivity index (χ2n) is 15.4. The largest absolute Gasteiger partial charge is 0.455 e. The van der Waals surface area contributed by atoms with Crippen LogP contribution in [0.25, 0.3) is 98.8 Å². The van der Waals surface area contributed by atoms with Gasteiger partial charge in [0.25, 0.3) is 0 Å². The first-order valence-electron chi connectivity index (χ1n) is 24.6. The third-order valence-electron chi connectivity index (χ3n) is 11.8. The van der Waals surface area contributed by atoms with E-state index >= 15 is 0 Å². The minimum absolute atomic E-state index is 0.0980. The van der Waals surface area contributed by atoms with Crippen LogP contribution in [0.2, 0.25) is 0 Å². The van der Waals surface area contributed by atoms with Crippen LogP contribution < -0.4 is 4.90 Å². The Hall–Kier alpha value is -8.20. The Balaban J connectivity index is 1.03. The van der Waals surface area contributed by atoms with Crippen molar-refractivity contribution in [3.05, 3.63) is 236 Å². The molecule has 0 saturated carbocycles. The number of hydrogen-bond donors (Lipinski definition) is 0. The van der Waals surface area contributed by atoms with Crippen molar-refractivity contribution in [2.45, 2.75) is 0 Å². The van der Waals surface area contributed by atoms with Crippen LogP contribution in [0.3, 0.4) is 0 Å². The first kappa shape index (κ1) is 28.3. The molecule has 0 aliphatic carbocycles. The molecule has 0 N–H and O–H groups in total. The molecule has 2 heteroatoms. The van der Waals surface area contributed by atoms with Crippen molar-refractivity contribution in [3.8, 4) is 44.5 Å². The molecule has 290 valence electrons. The first-order valence-corrected chi connectivity index (χ1v) is 20.6. The quantitative estimate of drug-likeness (QED) is 0.149. The summed E-state index contributed by atoms with van der Waals surface area (Å²) in [6.07, 6.45) is 0. The molecule has 0 atom stereocenters. The van der Waals surface area contributed by atoms with Gasteiger partial charge in [0.2, 0.25) is 0 Å². The van der Waals surface area contributed by atoms with E-state index in [1.165, 1.54) is 4.90 Å². The second kappa shape index (κ2) is 14.8. The van der Waals surface area contributed by atoms with Gasteiger partial charge in [0.15, 0.2) is 0 Å². The SMILES string of the molecule is [2H]c1c([2H])c(N(c2ccc(-c3cccc4oc5c6ccccc6ccc5c34)cc2)c2c([2H])c([2H])c(-c3ccc4c(ccc5ccccc54)c3)c([2H])c2[2H])c([2H])c([2H])c1-c1ccc(-c2ccccc2)cc1. The Morgan fingerprint density at radius 1 is 0.323 bits per heavy atom. The smallest absolute Gasteiger partial charge is 0.143 e. The molecule has 0 saturated heterocycles. The maximum absolute atomic E-state index is 9.66. The number of hydrogen-bond acceptors (Lipinski definition) is 2. The number of rotatable bonds is 7. The van der Waals surface area contributed by atoms with Crippen molar-refractivity contribution < 1.29 is 15.4 Å². The monoisotopic (exact) mass is 797 g/mol. The van der Waals surface area contributed by atoms with E-state index in [1.54, 1.807) is 24.3 Å². The van der Waals surface area contributed by atoms with E-state index in [2.05, 4.69) is 18.2 Å². The summed E-state index contributed by atoms with van der Waals surface area (Å²) in [6.45, 7) is 0. The van der Waals surface area contributed by atoms with Crippen LogP contribution in [0.5, 0.6) is 0 Å². The molecule has 0 unspecified atom stereocenters. The zero-order valence-electron chi connectivity index (χ0n) is 41.3. The summed E-state index contributed by atoms with van der Waals surface area (Å²) < 4.78 is 82.9. The predicted octanol–water partition coefficient (Wildman–Crippen LogP) is 17.2. The van der Waals surface area contributed by atoms with E-state index in [0.717, 1.165) is 76.5 Å². The Bertz CT molecular complexity index is 4040. The molecule has 12 aromatic rings. The number of benzene rings is 11. The molecule has 62 heavy (non-hydrogen) atoms. The van der Waals surface area contributed by atoms with Crippen molar-refractivity contribution in [2.75, 3.05) is 4.90 Å². The second-order valence-corrected chi connectivity index (χ2v) is 15.4. The minimum atomic E-state index is -0.406. The molecular formula is C60H39NO. The van der Waals surface area contributed by atoms with Crippen LogP contribution in [0.4, 0.5) is 17.1 Å². The Kier molecular flexibility index (Phi) is 6.76. The van der Waals surface area contributed by atoms with E-state index < -0.39 is 24.2 Å². The van der Waals surface area contributed by atoms with E-state index in [-0.39, 0.29) is 46.7 Å². The Labute approximate surface area is 371 Å². The molecule has 0 aliphatic rings. The highest BCUT2D eigenvalue weighted by atomic mass is 16.3. The van der Waals surface area contributed by atoms with Crippen LogP contribution in [0.15, 0.2) is 241 Å². The molecular weight excluding hydrogens is 751 g/mol. The van der Waals surface area contributed by atoms with Gasteiger partial charge in [-0.15, -0.1) is 0 Å². The van der Waals surface area contributed by atoms with Crippen molar-refractivity contribution in [1.82, 2.24) is 0 Å². The summed E-state index contributed by atoms with van der Waals surface area (Å²) in [5.74, 6) is 0. The fourth-order valence-electron chi connectivity index (χ4n) is 8.71. The van der Waals surface area contributed by atoms with Crippen LogP contribution in [-0.2, 0) is 0 Å². The molecule has 0 amide bonds. The normalized spacial score (nSPS) is 13.4. The number of nitrogens with zero attached hydrogens (tertiary/aromatic N) is 1. The van der Waals surface area contributed by atoms with Crippen LogP contribution in [0.1, 0.15) is 11.0 Å². The Morgan fingerprint density at radius 3 is 1.56 bits per heavy atom. The summed E-state index contributed by atoms with van der Waals surface area (Å²) in [4.78, 5) is 1.35. The van der Waals surface area contributed by atoms with E-state index in [9.17, 15) is 11.0 Å². The zero-order chi connectivity index (χ0) is 47.9. The van der Waals surface area contributed by atoms with Gasteiger partial charge in [0, 0.05) is 33.2 Å². The van der Waals surface area contributed by atoms with Crippen LogP contribution >= 0.6 is 0 Å². The van der Waals surface area contributed by atoms with Crippen LogP contribution in [-0.4, -0.2) is 0 Å². The molecule has 0 aliphatic heterocycles. The van der Waals surface area contributed by atoms with Crippen molar-refractivity contribution >= 4 is 71.3 Å². The molecule has 11 aromatic carbocycles. The maximum atomic E-state index is 9.66.